The molecule has 2 atom stereocenters. The topological polar surface area (TPSA) is 62.6 Å². The number of hydrogen-bond acceptors (Lipinski definition) is 5. The number of anilines is 1. The predicted octanol–water partition coefficient (Wildman–Crippen LogP) is 1.02. The number of nitrogens with zero attached hydrogens (tertiary/aromatic N) is 4. The molecule has 1 amide bonds. The van der Waals surface area contributed by atoms with Crippen LogP contribution in [0, 0.1) is 13.8 Å². The van der Waals surface area contributed by atoms with Crippen molar-refractivity contribution in [1.82, 2.24) is 19.6 Å². The first kappa shape index (κ1) is 18.9. The Balaban J connectivity index is 1.94. The summed E-state index contributed by atoms with van der Waals surface area (Å²) in [7, 11) is 3.62. The van der Waals surface area contributed by atoms with Crippen LogP contribution in [-0.2, 0) is 16.6 Å². The highest BCUT2D eigenvalue weighted by Crippen LogP contribution is 2.20. The van der Waals surface area contributed by atoms with Crippen molar-refractivity contribution in [1.29, 1.82) is 0 Å². The van der Waals surface area contributed by atoms with E-state index in [1.165, 1.54) is 0 Å². The Hall–Kier alpha value is -1.44. The molecule has 2 rings (SSSR count). The van der Waals surface area contributed by atoms with Gasteiger partial charge in [-0.3, -0.25) is 19.3 Å². The van der Waals surface area contributed by atoms with Crippen molar-refractivity contribution in [2.24, 2.45) is 7.05 Å². The fourth-order valence-electron chi connectivity index (χ4n) is 3.26. The summed E-state index contributed by atoms with van der Waals surface area (Å²) in [5.41, 5.74) is 2.67. The second kappa shape index (κ2) is 8.09. The largest absolute Gasteiger partial charge is 0.383 e. The van der Waals surface area contributed by atoms with Crippen LogP contribution in [0.25, 0.3) is 0 Å². The van der Waals surface area contributed by atoms with E-state index >= 15 is 0 Å². The van der Waals surface area contributed by atoms with Crippen molar-refractivity contribution in [3.05, 3.63) is 11.4 Å². The average Bonchev–Trinajstić information content (AvgIpc) is 2.79. The van der Waals surface area contributed by atoms with Gasteiger partial charge in [-0.1, -0.05) is 0 Å². The number of ether oxygens (including phenoxy) is 1. The lowest BCUT2D eigenvalue weighted by atomic mass is 10.1. The molecule has 1 saturated heterocycles. The third kappa shape index (κ3) is 4.15. The standard InChI is InChI=1S/C17H31N5O2/c1-12-11-22(8-7-21(12)9-10-24-6)15(4)17(23)18-16-13(2)19-20(5)14(16)3/h12,15H,7-11H2,1-6H3,(H,18,23)/t12-,15-/m0/s1. The quantitative estimate of drug-likeness (QED) is 0.840. The Morgan fingerprint density at radius 3 is 2.67 bits per heavy atom. The second-order valence-corrected chi connectivity index (χ2v) is 6.71. The second-order valence-electron chi connectivity index (χ2n) is 6.71. The van der Waals surface area contributed by atoms with Crippen molar-refractivity contribution >= 4 is 11.6 Å². The third-order valence-corrected chi connectivity index (χ3v) is 5.06. The molecule has 24 heavy (non-hydrogen) atoms. The molecule has 0 unspecified atom stereocenters. The fraction of sp³-hybridized carbons (Fsp3) is 0.765. The van der Waals surface area contributed by atoms with Gasteiger partial charge in [-0.2, -0.15) is 5.10 Å². The number of methoxy groups -OCH3 is 1. The van der Waals surface area contributed by atoms with Crippen LogP contribution in [-0.4, -0.2) is 77.5 Å². The Kier molecular flexibility index (Phi) is 6.37. The van der Waals surface area contributed by atoms with Crippen molar-refractivity contribution in [3.8, 4) is 0 Å². The van der Waals surface area contributed by atoms with Crippen LogP contribution in [0.15, 0.2) is 0 Å². The Bertz CT molecular complexity index is 572. The van der Waals surface area contributed by atoms with E-state index in [1.807, 2.05) is 27.8 Å². The number of nitrogens with one attached hydrogen (secondary N) is 1. The monoisotopic (exact) mass is 337 g/mol. The number of carbonyl (C=O) groups excluding carboxylic acids is 1. The lowest BCUT2D eigenvalue weighted by Gasteiger charge is -2.41. The SMILES string of the molecule is COCCN1CCN([C@@H](C)C(=O)Nc2c(C)nn(C)c2C)C[C@@H]1C. The van der Waals surface area contributed by atoms with Gasteiger partial charge in [-0.05, 0) is 27.7 Å². The molecule has 136 valence electrons. The highest BCUT2D eigenvalue weighted by atomic mass is 16.5. The molecule has 0 aromatic carbocycles. The molecule has 0 saturated carbocycles. The van der Waals surface area contributed by atoms with Gasteiger partial charge in [0.1, 0.15) is 0 Å². The molecule has 1 N–H and O–H groups in total. The Morgan fingerprint density at radius 1 is 1.42 bits per heavy atom. The first-order valence-corrected chi connectivity index (χ1v) is 8.63. The van der Waals surface area contributed by atoms with Crippen LogP contribution in [0.1, 0.15) is 25.2 Å². The summed E-state index contributed by atoms with van der Waals surface area (Å²) in [5.74, 6) is 0.0340. The van der Waals surface area contributed by atoms with E-state index in [2.05, 4.69) is 27.1 Å². The molecule has 0 spiro atoms. The maximum atomic E-state index is 12.7. The molecule has 2 heterocycles. The zero-order valence-electron chi connectivity index (χ0n) is 15.8. The van der Waals surface area contributed by atoms with Gasteiger partial charge in [-0.15, -0.1) is 0 Å². The van der Waals surface area contributed by atoms with Crippen molar-refractivity contribution in [2.45, 2.75) is 39.8 Å². The van der Waals surface area contributed by atoms with Crippen molar-refractivity contribution in [2.75, 3.05) is 45.2 Å². The zero-order valence-corrected chi connectivity index (χ0v) is 15.8. The highest BCUT2D eigenvalue weighted by Gasteiger charge is 2.30. The molecule has 0 bridgehead atoms. The van der Waals surface area contributed by atoms with Gasteiger partial charge in [0.25, 0.3) is 0 Å². The minimum atomic E-state index is -0.156. The molecule has 1 aromatic rings. The lowest BCUT2D eigenvalue weighted by Crippen LogP contribution is -2.57. The van der Waals surface area contributed by atoms with Crippen LogP contribution in [0.4, 0.5) is 5.69 Å². The van der Waals surface area contributed by atoms with Gasteiger partial charge in [0.15, 0.2) is 0 Å². The van der Waals surface area contributed by atoms with Gasteiger partial charge in [-0.25, -0.2) is 0 Å². The summed E-state index contributed by atoms with van der Waals surface area (Å²) in [6.07, 6.45) is 0. The molecular formula is C17H31N5O2. The van der Waals surface area contributed by atoms with Gasteiger partial charge in [0, 0.05) is 46.4 Å². The van der Waals surface area contributed by atoms with Crippen LogP contribution in [0.5, 0.6) is 0 Å². The highest BCUT2D eigenvalue weighted by molar-refractivity contribution is 5.95. The van der Waals surface area contributed by atoms with Crippen LogP contribution >= 0.6 is 0 Å². The minimum absolute atomic E-state index is 0.0340. The van der Waals surface area contributed by atoms with Crippen molar-refractivity contribution in [3.63, 3.8) is 0 Å². The number of rotatable bonds is 6. The van der Waals surface area contributed by atoms with Crippen molar-refractivity contribution < 1.29 is 9.53 Å². The molecular weight excluding hydrogens is 306 g/mol. The normalized spacial score (nSPS) is 21.0. The summed E-state index contributed by atoms with van der Waals surface area (Å²) < 4.78 is 6.97. The smallest absolute Gasteiger partial charge is 0.241 e. The number of carbonyl (C=O) groups is 1. The molecule has 7 nitrogen and oxygen atoms in total. The molecule has 0 aliphatic carbocycles. The summed E-state index contributed by atoms with van der Waals surface area (Å²) in [5, 5.41) is 7.42. The zero-order chi connectivity index (χ0) is 17.9. The van der Waals surface area contributed by atoms with E-state index in [-0.39, 0.29) is 11.9 Å². The van der Waals surface area contributed by atoms with E-state index in [0.29, 0.717) is 6.04 Å². The first-order valence-electron chi connectivity index (χ1n) is 8.63. The van der Waals surface area contributed by atoms with Crippen LogP contribution in [0.3, 0.4) is 0 Å². The van der Waals surface area contributed by atoms with Gasteiger partial charge in [0.05, 0.1) is 29.7 Å². The van der Waals surface area contributed by atoms with E-state index < -0.39 is 0 Å². The van der Waals surface area contributed by atoms with E-state index in [4.69, 9.17) is 4.74 Å². The Labute approximate surface area is 144 Å². The maximum Gasteiger partial charge on any atom is 0.241 e. The molecule has 0 radical (unpaired) electrons. The summed E-state index contributed by atoms with van der Waals surface area (Å²) >= 11 is 0. The molecule has 1 aliphatic heterocycles. The van der Waals surface area contributed by atoms with Crippen LogP contribution in [0.2, 0.25) is 0 Å². The summed E-state index contributed by atoms with van der Waals surface area (Å²) in [4.78, 5) is 17.3. The average molecular weight is 337 g/mol. The predicted molar refractivity (Wildman–Crippen MR) is 95.3 cm³/mol. The number of amides is 1. The molecule has 1 aromatic heterocycles. The van der Waals surface area contributed by atoms with Gasteiger partial charge < -0.3 is 10.1 Å². The minimum Gasteiger partial charge on any atom is -0.383 e. The number of aryl methyl sites for hydroxylation is 2. The first-order chi connectivity index (χ1) is 11.3. The van der Waals surface area contributed by atoms with E-state index in [1.54, 1.807) is 11.8 Å². The van der Waals surface area contributed by atoms with E-state index in [9.17, 15) is 4.79 Å². The lowest BCUT2D eigenvalue weighted by molar-refractivity contribution is -0.121. The number of aromatic nitrogens is 2. The molecule has 1 fully saturated rings. The van der Waals surface area contributed by atoms with Gasteiger partial charge in [0.2, 0.25) is 5.91 Å². The fourth-order valence-corrected chi connectivity index (χ4v) is 3.26. The Morgan fingerprint density at radius 2 is 2.12 bits per heavy atom. The maximum absolute atomic E-state index is 12.7. The number of hydrogen-bond donors (Lipinski definition) is 1. The van der Waals surface area contributed by atoms with E-state index in [0.717, 1.165) is 49.9 Å². The molecule has 1 aliphatic rings. The van der Waals surface area contributed by atoms with Gasteiger partial charge >= 0.3 is 0 Å². The third-order valence-electron chi connectivity index (χ3n) is 5.06. The number of piperazine rings is 1. The molecule has 7 heteroatoms. The summed E-state index contributed by atoms with van der Waals surface area (Å²) in [6, 6.07) is 0.266. The van der Waals surface area contributed by atoms with Crippen LogP contribution < -0.4 is 5.32 Å². The summed E-state index contributed by atoms with van der Waals surface area (Å²) in [6.45, 7) is 12.5.